The summed E-state index contributed by atoms with van der Waals surface area (Å²) in [4.78, 5) is 10.4. The van der Waals surface area contributed by atoms with Gasteiger partial charge in [-0.3, -0.25) is 0 Å². The molecule has 7 heteroatoms. The number of aromatic nitrogens is 3. The van der Waals surface area contributed by atoms with E-state index >= 15 is 0 Å². The molecule has 1 heterocycles. The van der Waals surface area contributed by atoms with Gasteiger partial charge in [-0.25, -0.2) is 0 Å². The Labute approximate surface area is 127 Å². The van der Waals surface area contributed by atoms with E-state index in [0.717, 1.165) is 11.6 Å². The molecular weight excluding hydrogens is 290 g/mol. The topological polar surface area (TPSA) is 80.1 Å². The number of hydrogen-bond donors (Lipinski definition) is 0. The molecule has 0 saturated carbocycles. The summed E-state index contributed by atoms with van der Waals surface area (Å²) in [6, 6.07) is 9.49. The van der Waals surface area contributed by atoms with Crippen LogP contribution in [-0.2, 0) is 17.9 Å². The number of aliphatic carboxylic acids is 1. The SMILES string of the molecule is CCn1c(COc2ccccc2)nnc1SCCC(=O)[O-]. The molecule has 0 radical (unpaired) electrons. The maximum Gasteiger partial charge on any atom is 0.191 e. The Hall–Kier alpha value is -2.02. The highest BCUT2D eigenvalue weighted by atomic mass is 32.2. The van der Waals surface area contributed by atoms with Crippen LogP contribution in [0.1, 0.15) is 19.2 Å². The molecule has 0 atom stereocenters. The summed E-state index contributed by atoms with van der Waals surface area (Å²) in [5.41, 5.74) is 0. The second-order valence-corrected chi connectivity index (χ2v) is 5.28. The fourth-order valence-electron chi connectivity index (χ4n) is 1.74. The highest BCUT2D eigenvalue weighted by Crippen LogP contribution is 2.19. The third kappa shape index (κ3) is 4.49. The van der Waals surface area contributed by atoms with E-state index in [1.807, 2.05) is 41.8 Å². The van der Waals surface area contributed by atoms with Crippen LogP contribution in [0.4, 0.5) is 0 Å². The number of carboxylic acid groups (broad SMARTS) is 1. The van der Waals surface area contributed by atoms with Gasteiger partial charge in [-0.15, -0.1) is 10.2 Å². The number of rotatable bonds is 8. The second kappa shape index (κ2) is 7.68. The number of benzene rings is 1. The third-order valence-corrected chi connectivity index (χ3v) is 3.73. The molecule has 0 aliphatic heterocycles. The number of ether oxygens (including phenoxy) is 1. The lowest BCUT2D eigenvalue weighted by Gasteiger charge is -2.08. The Morgan fingerprint density at radius 1 is 1.33 bits per heavy atom. The Morgan fingerprint density at radius 3 is 2.76 bits per heavy atom. The normalized spacial score (nSPS) is 10.5. The fraction of sp³-hybridized carbons (Fsp3) is 0.357. The molecule has 0 unspecified atom stereocenters. The van der Waals surface area contributed by atoms with Crippen molar-refractivity contribution in [1.29, 1.82) is 0 Å². The van der Waals surface area contributed by atoms with Gasteiger partial charge in [0.15, 0.2) is 11.0 Å². The zero-order valence-corrected chi connectivity index (χ0v) is 12.5. The average Bonchev–Trinajstić information content (AvgIpc) is 2.88. The van der Waals surface area contributed by atoms with Gasteiger partial charge < -0.3 is 19.2 Å². The molecule has 2 aromatic rings. The maximum atomic E-state index is 10.4. The minimum atomic E-state index is -1.06. The summed E-state index contributed by atoms with van der Waals surface area (Å²) in [5.74, 6) is 0.851. The number of carbonyl (C=O) groups is 1. The number of thioether (sulfide) groups is 1. The maximum absolute atomic E-state index is 10.4. The van der Waals surface area contributed by atoms with E-state index in [2.05, 4.69) is 10.2 Å². The Morgan fingerprint density at radius 2 is 2.10 bits per heavy atom. The molecule has 21 heavy (non-hydrogen) atoms. The predicted octanol–water partition coefficient (Wildman–Crippen LogP) is 1.11. The standard InChI is InChI=1S/C14H17N3O3S/c1-2-17-12(10-20-11-6-4-3-5-7-11)15-16-14(17)21-9-8-13(18)19/h3-7H,2,8-10H2,1H3,(H,18,19)/p-1. The zero-order chi connectivity index (χ0) is 15.1. The van der Waals surface area contributed by atoms with Gasteiger partial charge >= 0.3 is 0 Å². The van der Waals surface area contributed by atoms with Crippen LogP contribution in [0, 0.1) is 0 Å². The van der Waals surface area contributed by atoms with Crippen molar-refractivity contribution < 1.29 is 14.6 Å². The van der Waals surface area contributed by atoms with Crippen molar-refractivity contribution in [3.05, 3.63) is 36.2 Å². The lowest BCUT2D eigenvalue weighted by molar-refractivity contribution is -0.305. The first-order valence-electron chi connectivity index (χ1n) is 6.63. The van der Waals surface area contributed by atoms with Crippen LogP contribution < -0.4 is 9.84 Å². The van der Waals surface area contributed by atoms with E-state index in [1.54, 1.807) is 0 Å². The van der Waals surface area contributed by atoms with Crippen molar-refractivity contribution in [3.63, 3.8) is 0 Å². The predicted molar refractivity (Wildman–Crippen MR) is 76.8 cm³/mol. The quantitative estimate of drug-likeness (QED) is 0.680. The van der Waals surface area contributed by atoms with Gasteiger partial charge in [0.2, 0.25) is 0 Å². The van der Waals surface area contributed by atoms with Crippen LogP contribution in [0.3, 0.4) is 0 Å². The largest absolute Gasteiger partial charge is 0.550 e. The van der Waals surface area contributed by atoms with Gasteiger partial charge in [0.1, 0.15) is 12.4 Å². The number of carbonyl (C=O) groups excluding carboxylic acids is 1. The molecular formula is C14H16N3O3S-. The number of hydrogen-bond acceptors (Lipinski definition) is 6. The minimum Gasteiger partial charge on any atom is -0.550 e. The van der Waals surface area contributed by atoms with Crippen molar-refractivity contribution in [2.75, 3.05) is 5.75 Å². The van der Waals surface area contributed by atoms with Crippen LogP contribution in [0.5, 0.6) is 5.75 Å². The van der Waals surface area contributed by atoms with E-state index in [9.17, 15) is 9.90 Å². The Bertz CT molecular complexity index is 586. The summed E-state index contributed by atoms with van der Waals surface area (Å²) < 4.78 is 7.57. The molecule has 112 valence electrons. The van der Waals surface area contributed by atoms with Crippen molar-refractivity contribution >= 4 is 17.7 Å². The van der Waals surface area contributed by atoms with Crippen LogP contribution in [-0.4, -0.2) is 26.5 Å². The number of para-hydroxylation sites is 1. The fourth-order valence-corrected chi connectivity index (χ4v) is 2.68. The van der Waals surface area contributed by atoms with Crippen LogP contribution in [0.2, 0.25) is 0 Å². The van der Waals surface area contributed by atoms with E-state index in [-0.39, 0.29) is 6.42 Å². The van der Waals surface area contributed by atoms with Gasteiger partial charge in [-0.05, 0) is 25.5 Å². The van der Waals surface area contributed by atoms with E-state index in [4.69, 9.17) is 4.74 Å². The smallest absolute Gasteiger partial charge is 0.191 e. The summed E-state index contributed by atoms with van der Waals surface area (Å²) in [7, 11) is 0. The molecule has 6 nitrogen and oxygen atoms in total. The monoisotopic (exact) mass is 306 g/mol. The summed E-state index contributed by atoms with van der Waals surface area (Å²) >= 11 is 1.36. The van der Waals surface area contributed by atoms with Crippen LogP contribution >= 0.6 is 11.8 Å². The lowest BCUT2D eigenvalue weighted by Crippen LogP contribution is -2.22. The average molecular weight is 306 g/mol. The van der Waals surface area contributed by atoms with Crippen molar-refractivity contribution in [2.24, 2.45) is 0 Å². The molecule has 0 N–H and O–H groups in total. The summed E-state index contributed by atoms with van der Waals surface area (Å²) in [6.45, 7) is 3.01. The molecule has 0 aliphatic carbocycles. The van der Waals surface area contributed by atoms with Gasteiger partial charge in [-0.1, -0.05) is 30.0 Å². The van der Waals surface area contributed by atoms with E-state index < -0.39 is 5.97 Å². The molecule has 2 rings (SSSR count). The van der Waals surface area contributed by atoms with Crippen molar-refractivity contribution in [2.45, 2.75) is 31.7 Å². The van der Waals surface area contributed by atoms with Crippen molar-refractivity contribution in [1.82, 2.24) is 14.8 Å². The van der Waals surface area contributed by atoms with E-state index in [0.29, 0.717) is 24.1 Å². The van der Waals surface area contributed by atoms with Gasteiger partial charge in [0.05, 0.1) is 0 Å². The summed E-state index contributed by atoms with van der Waals surface area (Å²) in [6.07, 6.45) is -0.00289. The molecule has 1 aromatic heterocycles. The van der Waals surface area contributed by atoms with Gasteiger partial charge in [-0.2, -0.15) is 0 Å². The van der Waals surface area contributed by atoms with Crippen LogP contribution in [0.15, 0.2) is 35.5 Å². The molecule has 0 saturated heterocycles. The highest BCUT2D eigenvalue weighted by molar-refractivity contribution is 7.99. The molecule has 0 bridgehead atoms. The van der Waals surface area contributed by atoms with Crippen molar-refractivity contribution in [3.8, 4) is 5.75 Å². The summed E-state index contributed by atoms with van der Waals surface area (Å²) in [5, 5.41) is 19.3. The van der Waals surface area contributed by atoms with Crippen LogP contribution in [0.25, 0.3) is 0 Å². The number of nitrogens with zero attached hydrogens (tertiary/aromatic N) is 3. The molecule has 0 amide bonds. The first-order chi connectivity index (χ1) is 10.2. The Balaban J connectivity index is 1.96. The van der Waals surface area contributed by atoms with Gasteiger partial charge in [0, 0.05) is 18.3 Å². The molecule has 0 fully saturated rings. The number of carboxylic acids is 1. The third-order valence-electron chi connectivity index (χ3n) is 2.76. The second-order valence-electron chi connectivity index (χ2n) is 4.22. The molecule has 0 spiro atoms. The zero-order valence-electron chi connectivity index (χ0n) is 11.7. The molecule has 0 aliphatic rings. The van der Waals surface area contributed by atoms with Gasteiger partial charge in [0.25, 0.3) is 0 Å². The Kier molecular flexibility index (Phi) is 5.62. The first kappa shape index (κ1) is 15.4. The lowest BCUT2D eigenvalue weighted by atomic mass is 10.3. The molecule has 1 aromatic carbocycles. The first-order valence-corrected chi connectivity index (χ1v) is 7.61. The highest BCUT2D eigenvalue weighted by Gasteiger charge is 2.11. The van der Waals surface area contributed by atoms with E-state index in [1.165, 1.54) is 11.8 Å². The minimum absolute atomic E-state index is 0.00289.